The fourth-order valence-corrected chi connectivity index (χ4v) is 3.39. The SMILES string of the molecule is CNCCC1CCN(C(=O)CC(NC(C)=O)c2ccc(F)cc2F)CC1.Cl. The lowest BCUT2D eigenvalue weighted by atomic mass is 9.93. The molecule has 8 heteroatoms. The number of carbonyl (C=O) groups excluding carboxylic acids is 2. The lowest BCUT2D eigenvalue weighted by Gasteiger charge is -2.33. The van der Waals surface area contributed by atoms with Crippen LogP contribution >= 0.6 is 12.4 Å². The number of nitrogens with one attached hydrogen (secondary N) is 2. The van der Waals surface area contributed by atoms with Crippen LogP contribution in [0.1, 0.15) is 44.2 Å². The standard InChI is InChI=1S/C19H27F2N3O2.ClH/c1-13(25)23-18(16-4-3-15(20)11-17(16)21)12-19(26)24-9-6-14(7-10-24)5-8-22-2;/h3-4,11,14,18,22H,5-10,12H2,1-2H3,(H,23,25);1H. The minimum absolute atomic E-state index is 0. The van der Waals surface area contributed by atoms with Crippen LogP contribution in [-0.4, -0.2) is 43.4 Å². The molecule has 1 saturated heterocycles. The van der Waals surface area contributed by atoms with Crippen molar-refractivity contribution in [2.75, 3.05) is 26.7 Å². The summed E-state index contributed by atoms with van der Waals surface area (Å²) in [6.07, 6.45) is 2.95. The summed E-state index contributed by atoms with van der Waals surface area (Å²) in [5, 5.41) is 5.74. The zero-order chi connectivity index (χ0) is 19.1. The molecule has 0 spiro atoms. The van der Waals surface area contributed by atoms with Gasteiger partial charge in [0.25, 0.3) is 0 Å². The second kappa shape index (κ2) is 11.2. The Balaban J connectivity index is 0.00000364. The van der Waals surface area contributed by atoms with Crippen LogP contribution in [0.2, 0.25) is 0 Å². The lowest BCUT2D eigenvalue weighted by Crippen LogP contribution is -2.41. The molecule has 152 valence electrons. The maximum atomic E-state index is 14.1. The van der Waals surface area contributed by atoms with E-state index in [-0.39, 0.29) is 36.2 Å². The Labute approximate surface area is 165 Å². The van der Waals surface area contributed by atoms with E-state index in [0.717, 1.165) is 37.9 Å². The summed E-state index contributed by atoms with van der Waals surface area (Å²) in [4.78, 5) is 25.9. The maximum absolute atomic E-state index is 14.1. The van der Waals surface area contributed by atoms with Crippen molar-refractivity contribution < 1.29 is 18.4 Å². The van der Waals surface area contributed by atoms with E-state index in [0.29, 0.717) is 19.0 Å². The molecule has 2 rings (SSSR count). The first-order valence-corrected chi connectivity index (χ1v) is 9.05. The molecule has 5 nitrogen and oxygen atoms in total. The first-order valence-electron chi connectivity index (χ1n) is 9.05. The van der Waals surface area contributed by atoms with Crippen LogP contribution in [0.5, 0.6) is 0 Å². The van der Waals surface area contributed by atoms with Gasteiger partial charge in [-0.3, -0.25) is 9.59 Å². The van der Waals surface area contributed by atoms with Crippen molar-refractivity contribution in [1.82, 2.24) is 15.5 Å². The number of hydrogen-bond donors (Lipinski definition) is 2. The molecule has 1 heterocycles. The third-order valence-corrected chi connectivity index (χ3v) is 4.86. The van der Waals surface area contributed by atoms with Crippen LogP contribution < -0.4 is 10.6 Å². The summed E-state index contributed by atoms with van der Waals surface area (Å²) >= 11 is 0. The van der Waals surface area contributed by atoms with Gasteiger partial charge in [0, 0.05) is 31.6 Å². The quantitative estimate of drug-likeness (QED) is 0.736. The predicted molar refractivity (Wildman–Crippen MR) is 103 cm³/mol. The summed E-state index contributed by atoms with van der Waals surface area (Å²) in [7, 11) is 1.93. The molecule has 1 aliphatic rings. The molecule has 2 N–H and O–H groups in total. The lowest BCUT2D eigenvalue weighted by molar-refractivity contribution is -0.133. The van der Waals surface area contributed by atoms with Gasteiger partial charge in [-0.2, -0.15) is 0 Å². The van der Waals surface area contributed by atoms with E-state index >= 15 is 0 Å². The van der Waals surface area contributed by atoms with Crippen LogP contribution in [0.15, 0.2) is 18.2 Å². The highest BCUT2D eigenvalue weighted by Crippen LogP contribution is 2.25. The Hall–Kier alpha value is -1.73. The Morgan fingerprint density at radius 3 is 2.48 bits per heavy atom. The zero-order valence-corrected chi connectivity index (χ0v) is 16.6. The van der Waals surface area contributed by atoms with Gasteiger partial charge in [0.05, 0.1) is 12.5 Å². The van der Waals surface area contributed by atoms with Crippen LogP contribution in [0, 0.1) is 17.6 Å². The van der Waals surface area contributed by atoms with Gasteiger partial charge in [-0.25, -0.2) is 8.78 Å². The highest BCUT2D eigenvalue weighted by atomic mass is 35.5. The first kappa shape index (κ1) is 23.3. The molecule has 1 atom stereocenters. The molecule has 0 aliphatic carbocycles. The summed E-state index contributed by atoms with van der Waals surface area (Å²) < 4.78 is 27.2. The van der Waals surface area contributed by atoms with Gasteiger partial charge in [0.2, 0.25) is 11.8 Å². The highest BCUT2D eigenvalue weighted by Gasteiger charge is 2.26. The fraction of sp³-hybridized carbons (Fsp3) is 0.579. The highest BCUT2D eigenvalue weighted by molar-refractivity contribution is 5.85. The Morgan fingerprint density at radius 2 is 1.93 bits per heavy atom. The van der Waals surface area contributed by atoms with Gasteiger partial charge in [-0.15, -0.1) is 12.4 Å². The molecule has 27 heavy (non-hydrogen) atoms. The van der Waals surface area contributed by atoms with Crippen molar-refractivity contribution in [2.24, 2.45) is 5.92 Å². The Kier molecular flexibility index (Phi) is 9.66. The van der Waals surface area contributed by atoms with Gasteiger partial charge in [-0.05, 0) is 44.8 Å². The molecule has 0 aromatic heterocycles. The molecule has 0 bridgehead atoms. The van der Waals surface area contributed by atoms with E-state index in [1.165, 1.54) is 13.0 Å². The monoisotopic (exact) mass is 403 g/mol. The second-order valence-corrected chi connectivity index (χ2v) is 6.84. The smallest absolute Gasteiger partial charge is 0.224 e. The molecule has 1 aromatic rings. The average Bonchev–Trinajstić information content (AvgIpc) is 2.59. The van der Waals surface area contributed by atoms with Gasteiger partial charge in [-0.1, -0.05) is 6.07 Å². The minimum atomic E-state index is -0.803. The summed E-state index contributed by atoms with van der Waals surface area (Å²) in [6, 6.07) is 2.37. The normalized spacial score (nSPS) is 15.8. The minimum Gasteiger partial charge on any atom is -0.349 e. The number of benzene rings is 1. The van der Waals surface area contributed by atoms with Crippen molar-refractivity contribution in [3.05, 3.63) is 35.4 Å². The van der Waals surface area contributed by atoms with Gasteiger partial charge in [0.15, 0.2) is 0 Å². The third-order valence-electron chi connectivity index (χ3n) is 4.86. The summed E-state index contributed by atoms with van der Waals surface area (Å²) in [5.74, 6) is -1.34. The van der Waals surface area contributed by atoms with E-state index in [1.807, 2.05) is 7.05 Å². The molecule has 0 radical (unpaired) electrons. The molecule has 1 aliphatic heterocycles. The number of likely N-dealkylation sites (tertiary alicyclic amines) is 1. The predicted octanol–water partition coefficient (Wildman–Crippen LogP) is 2.80. The van der Waals surface area contributed by atoms with Crippen molar-refractivity contribution >= 4 is 24.2 Å². The Bertz CT molecular complexity index is 637. The van der Waals surface area contributed by atoms with Crippen molar-refractivity contribution in [3.8, 4) is 0 Å². The number of hydrogen-bond acceptors (Lipinski definition) is 3. The second-order valence-electron chi connectivity index (χ2n) is 6.84. The zero-order valence-electron chi connectivity index (χ0n) is 15.8. The first-order chi connectivity index (χ1) is 12.4. The number of amides is 2. The van der Waals surface area contributed by atoms with E-state index < -0.39 is 17.7 Å². The molecule has 1 unspecified atom stereocenters. The maximum Gasteiger partial charge on any atom is 0.224 e. The van der Waals surface area contributed by atoms with E-state index in [1.54, 1.807) is 4.90 Å². The van der Waals surface area contributed by atoms with Gasteiger partial charge >= 0.3 is 0 Å². The Morgan fingerprint density at radius 1 is 1.26 bits per heavy atom. The van der Waals surface area contributed by atoms with Crippen LogP contribution in [0.25, 0.3) is 0 Å². The van der Waals surface area contributed by atoms with E-state index in [9.17, 15) is 18.4 Å². The molecular formula is C19H28ClF2N3O2. The average molecular weight is 404 g/mol. The summed E-state index contributed by atoms with van der Waals surface area (Å²) in [5.41, 5.74) is 0.124. The van der Waals surface area contributed by atoms with Crippen molar-refractivity contribution in [2.45, 2.75) is 38.6 Å². The van der Waals surface area contributed by atoms with E-state index in [4.69, 9.17) is 0 Å². The number of halogens is 3. The third kappa shape index (κ3) is 7.07. The fourth-order valence-electron chi connectivity index (χ4n) is 3.39. The molecule has 2 amide bonds. The van der Waals surface area contributed by atoms with Crippen LogP contribution in [0.3, 0.4) is 0 Å². The molecule has 1 fully saturated rings. The van der Waals surface area contributed by atoms with Gasteiger partial charge < -0.3 is 15.5 Å². The molecular weight excluding hydrogens is 376 g/mol. The van der Waals surface area contributed by atoms with Crippen molar-refractivity contribution in [3.63, 3.8) is 0 Å². The number of nitrogens with zero attached hydrogens (tertiary/aromatic N) is 1. The number of carbonyl (C=O) groups is 2. The molecule has 1 aromatic carbocycles. The van der Waals surface area contributed by atoms with Gasteiger partial charge in [0.1, 0.15) is 11.6 Å². The van der Waals surface area contributed by atoms with Crippen LogP contribution in [-0.2, 0) is 9.59 Å². The number of piperidine rings is 1. The van der Waals surface area contributed by atoms with Crippen molar-refractivity contribution in [1.29, 1.82) is 0 Å². The van der Waals surface area contributed by atoms with E-state index in [2.05, 4.69) is 10.6 Å². The van der Waals surface area contributed by atoms with Crippen LogP contribution in [0.4, 0.5) is 8.78 Å². The summed E-state index contributed by atoms with van der Waals surface area (Å²) in [6.45, 7) is 3.62. The topological polar surface area (TPSA) is 61.4 Å². The molecule has 0 saturated carbocycles. The largest absolute Gasteiger partial charge is 0.349 e. The number of rotatable bonds is 7.